The Bertz CT molecular complexity index is 1650. The Morgan fingerprint density at radius 2 is 1.80 bits per heavy atom. The number of anilines is 1. The molecule has 1 aromatic heterocycles. The van der Waals surface area contributed by atoms with Crippen molar-refractivity contribution in [1.82, 2.24) is 15.2 Å². The Morgan fingerprint density at radius 3 is 2.62 bits per heavy atom. The molecule has 3 atom stereocenters. The van der Waals surface area contributed by atoms with Crippen molar-refractivity contribution in [2.45, 2.75) is 44.4 Å². The van der Waals surface area contributed by atoms with Crippen molar-refractivity contribution in [3.63, 3.8) is 0 Å². The Morgan fingerprint density at radius 1 is 1.02 bits per heavy atom. The predicted molar refractivity (Wildman–Crippen MR) is 151 cm³/mol. The molecule has 4 amide bonds. The van der Waals surface area contributed by atoms with E-state index in [9.17, 15) is 14.4 Å². The molecule has 0 aliphatic carbocycles. The molecule has 4 aromatic rings. The molecular formula is C32H30N4O4. The summed E-state index contributed by atoms with van der Waals surface area (Å²) in [6.45, 7) is 3.11. The van der Waals surface area contributed by atoms with Crippen molar-refractivity contribution >= 4 is 34.4 Å². The molecule has 0 spiro atoms. The molecule has 3 aliphatic heterocycles. The van der Waals surface area contributed by atoms with Crippen LogP contribution in [0.25, 0.3) is 10.9 Å². The van der Waals surface area contributed by atoms with Crippen LogP contribution in [0.3, 0.4) is 0 Å². The summed E-state index contributed by atoms with van der Waals surface area (Å²) in [6, 6.07) is 21.3. The van der Waals surface area contributed by atoms with Gasteiger partial charge in [0.05, 0.1) is 17.4 Å². The first-order valence-electron chi connectivity index (χ1n) is 13.8. The second kappa shape index (κ2) is 9.64. The van der Waals surface area contributed by atoms with Crippen LogP contribution in [0.4, 0.5) is 10.5 Å². The number of ether oxygens (including phenoxy) is 1. The second-order valence-corrected chi connectivity index (χ2v) is 10.8. The molecule has 0 bridgehead atoms. The normalized spacial score (nSPS) is 22.1. The van der Waals surface area contributed by atoms with Crippen LogP contribution in [0.1, 0.15) is 51.6 Å². The fourth-order valence-electron chi connectivity index (χ4n) is 6.48. The number of nitrogens with zero attached hydrogens (tertiary/aromatic N) is 2. The molecule has 0 saturated carbocycles. The summed E-state index contributed by atoms with van der Waals surface area (Å²) in [5.74, 6) is -0.651. The number of aryl methyl sites for hydroxylation is 1. The highest BCUT2D eigenvalue weighted by Gasteiger charge is 2.53. The van der Waals surface area contributed by atoms with Crippen LogP contribution < -0.4 is 10.2 Å². The van der Waals surface area contributed by atoms with Gasteiger partial charge in [0.15, 0.2) is 0 Å². The lowest BCUT2D eigenvalue weighted by Gasteiger charge is -2.36. The Balaban J connectivity index is 1.30. The number of imide groups is 1. The number of carbonyl (C=O) groups is 3. The Labute approximate surface area is 231 Å². The van der Waals surface area contributed by atoms with Crippen LogP contribution in [-0.4, -0.2) is 53.0 Å². The summed E-state index contributed by atoms with van der Waals surface area (Å²) in [6.07, 6.45) is 2.26. The number of urea groups is 1. The third-order valence-corrected chi connectivity index (χ3v) is 8.44. The molecule has 8 nitrogen and oxygen atoms in total. The summed E-state index contributed by atoms with van der Waals surface area (Å²) >= 11 is 0. The highest BCUT2D eigenvalue weighted by atomic mass is 16.5. The van der Waals surface area contributed by atoms with Gasteiger partial charge in [-0.05, 0) is 54.7 Å². The number of aromatic nitrogens is 1. The summed E-state index contributed by atoms with van der Waals surface area (Å²) < 4.78 is 5.64. The molecule has 2 N–H and O–H groups in total. The molecular weight excluding hydrogens is 504 g/mol. The van der Waals surface area contributed by atoms with E-state index in [0.717, 1.165) is 46.1 Å². The monoisotopic (exact) mass is 534 g/mol. The fourth-order valence-corrected chi connectivity index (χ4v) is 6.48. The molecule has 2 unspecified atom stereocenters. The zero-order valence-electron chi connectivity index (χ0n) is 22.2. The number of amides is 4. The number of para-hydroxylation sites is 2. The van der Waals surface area contributed by atoms with Crippen molar-refractivity contribution in [2.75, 3.05) is 18.1 Å². The van der Waals surface area contributed by atoms with Gasteiger partial charge in [0, 0.05) is 36.2 Å². The molecule has 3 aliphatic rings. The van der Waals surface area contributed by atoms with Gasteiger partial charge in [-0.25, -0.2) is 9.69 Å². The molecule has 4 heterocycles. The molecule has 2 fully saturated rings. The van der Waals surface area contributed by atoms with Crippen molar-refractivity contribution < 1.29 is 19.1 Å². The van der Waals surface area contributed by atoms with E-state index in [2.05, 4.69) is 16.4 Å². The average Bonchev–Trinajstić information content (AvgIpc) is 3.69. The van der Waals surface area contributed by atoms with Crippen LogP contribution in [-0.2, 0) is 16.0 Å². The Kier molecular flexibility index (Phi) is 5.93. The summed E-state index contributed by atoms with van der Waals surface area (Å²) in [4.78, 5) is 48.2. The van der Waals surface area contributed by atoms with Crippen LogP contribution in [0, 0.1) is 6.92 Å². The van der Waals surface area contributed by atoms with Crippen molar-refractivity contribution in [2.24, 2.45) is 0 Å². The highest BCUT2D eigenvalue weighted by Crippen LogP contribution is 2.45. The number of H-pyrrole nitrogens is 1. The smallest absolute Gasteiger partial charge is 0.332 e. The van der Waals surface area contributed by atoms with Crippen LogP contribution in [0.2, 0.25) is 0 Å². The second-order valence-electron chi connectivity index (χ2n) is 10.8. The fraction of sp³-hybridized carbons (Fsp3) is 0.281. The van der Waals surface area contributed by atoms with Crippen molar-refractivity contribution in [3.8, 4) is 0 Å². The Hall–Kier alpha value is -4.43. The number of benzene rings is 3. The summed E-state index contributed by atoms with van der Waals surface area (Å²) in [5.41, 5.74) is 5.55. The standard InChI is InChI=1S/C32H30N4O4/c1-19-9-2-3-11-21(19)29-28-24(22-12-4-6-14-25(22)34-28)17-27-31(38)36(32(39)35(27)29)26-15-7-5-13-23(26)30(37)33-18-20-10-8-16-40-20/h2-7,9,11-15,20,27,29,34H,8,10,16-18H2,1H3,(H,33,37)/t20?,27-,29?/m0/s1. The zero-order valence-corrected chi connectivity index (χ0v) is 22.2. The van der Waals surface area contributed by atoms with Gasteiger partial charge >= 0.3 is 6.03 Å². The number of nitrogens with one attached hydrogen (secondary N) is 2. The first kappa shape index (κ1) is 24.6. The molecule has 40 heavy (non-hydrogen) atoms. The lowest BCUT2D eigenvalue weighted by molar-refractivity contribution is -0.120. The minimum Gasteiger partial charge on any atom is -0.376 e. The number of hydrogen-bond acceptors (Lipinski definition) is 4. The molecule has 0 radical (unpaired) electrons. The maximum atomic E-state index is 14.3. The molecule has 7 rings (SSSR count). The maximum absolute atomic E-state index is 14.3. The van der Waals surface area contributed by atoms with Gasteiger partial charge in [0.1, 0.15) is 12.1 Å². The van der Waals surface area contributed by atoms with E-state index in [1.807, 2.05) is 49.4 Å². The van der Waals surface area contributed by atoms with Crippen LogP contribution in [0.5, 0.6) is 0 Å². The topological polar surface area (TPSA) is 94.7 Å². The van der Waals surface area contributed by atoms with Crippen molar-refractivity contribution in [1.29, 1.82) is 0 Å². The molecule has 8 heteroatoms. The number of hydrogen-bond donors (Lipinski definition) is 2. The third-order valence-electron chi connectivity index (χ3n) is 8.44. The highest BCUT2D eigenvalue weighted by molar-refractivity contribution is 6.24. The van der Waals surface area contributed by atoms with Gasteiger partial charge in [-0.15, -0.1) is 0 Å². The molecule has 2 saturated heterocycles. The largest absolute Gasteiger partial charge is 0.376 e. The average molecular weight is 535 g/mol. The minimum absolute atomic E-state index is 0.0150. The zero-order chi connectivity index (χ0) is 27.4. The molecule has 202 valence electrons. The minimum atomic E-state index is -0.688. The van der Waals surface area contributed by atoms with E-state index in [-0.39, 0.29) is 17.9 Å². The maximum Gasteiger partial charge on any atom is 0.332 e. The van der Waals surface area contributed by atoms with E-state index in [0.29, 0.717) is 30.8 Å². The van der Waals surface area contributed by atoms with Crippen LogP contribution in [0.15, 0.2) is 72.8 Å². The van der Waals surface area contributed by atoms with E-state index >= 15 is 0 Å². The summed E-state index contributed by atoms with van der Waals surface area (Å²) in [7, 11) is 0. The van der Waals surface area contributed by atoms with Gasteiger partial charge in [-0.3, -0.25) is 14.5 Å². The van der Waals surface area contributed by atoms with E-state index in [1.165, 1.54) is 4.90 Å². The number of rotatable bonds is 5. The van der Waals surface area contributed by atoms with Crippen LogP contribution >= 0.6 is 0 Å². The van der Waals surface area contributed by atoms with Gasteiger partial charge in [-0.1, -0.05) is 54.6 Å². The van der Waals surface area contributed by atoms with E-state index < -0.39 is 18.1 Å². The van der Waals surface area contributed by atoms with E-state index in [4.69, 9.17) is 4.74 Å². The predicted octanol–water partition coefficient (Wildman–Crippen LogP) is 4.87. The summed E-state index contributed by atoms with van der Waals surface area (Å²) in [5, 5.41) is 4.00. The number of aromatic amines is 1. The first-order valence-corrected chi connectivity index (χ1v) is 13.8. The SMILES string of the molecule is Cc1ccccc1C1c2[nH]c3ccccc3c2C[C@H]2C(=O)N(c3ccccc3C(=O)NCC3CCCO3)C(=O)N12. The van der Waals surface area contributed by atoms with Gasteiger partial charge in [0.2, 0.25) is 0 Å². The quantitative estimate of drug-likeness (QED) is 0.357. The van der Waals surface area contributed by atoms with Gasteiger partial charge in [-0.2, -0.15) is 0 Å². The molecule has 3 aromatic carbocycles. The first-order chi connectivity index (χ1) is 19.5. The lowest BCUT2D eigenvalue weighted by atomic mass is 9.87. The number of fused-ring (bicyclic) bond motifs is 4. The van der Waals surface area contributed by atoms with Gasteiger partial charge in [0.25, 0.3) is 11.8 Å². The number of carbonyl (C=O) groups excluding carboxylic acids is 3. The van der Waals surface area contributed by atoms with E-state index in [1.54, 1.807) is 29.2 Å². The van der Waals surface area contributed by atoms with Crippen molar-refractivity contribution in [3.05, 3.63) is 101 Å². The van der Waals surface area contributed by atoms with Gasteiger partial charge < -0.3 is 15.0 Å². The lowest BCUT2D eigenvalue weighted by Crippen LogP contribution is -2.44. The third kappa shape index (κ3) is 3.82.